The van der Waals surface area contributed by atoms with E-state index in [2.05, 4.69) is 31.8 Å². The molecule has 0 unspecified atom stereocenters. The Morgan fingerprint density at radius 2 is 2.10 bits per heavy atom. The van der Waals surface area contributed by atoms with Crippen LogP contribution in [0.25, 0.3) is 0 Å². The third-order valence-electron chi connectivity index (χ3n) is 2.00. The third-order valence-corrected chi connectivity index (χ3v) is 3.05. The standard InChI is InChI=1S/C9H9S/c1-6-5-8-3-4-10-9(8)7(6)2/h3-5H,1-2H3. The van der Waals surface area contributed by atoms with Gasteiger partial charge >= 0.3 is 0 Å². The van der Waals surface area contributed by atoms with Crippen molar-refractivity contribution in [2.75, 3.05) is 0 Å². The minimum Gasteiger partial charge on any atom is -0.116 e. The summed E-state index contributed by atoms with van der Waals surface area (Å²) in [6.45, 7) is 4.36. The van der Waals surface area contributed by atoms with Gasteiger partial charge in [-0.3, -0.25) is 0 Å². The summed E-state index contributed by atoms with van der Waals surface area (Å²) < 4.78 is 0. The van der Waals surface area contributed by atoms with Crippen LogP contribution < -0.4 is 0 Å². The summed E-state index contributed by atoms with van der Waals surface area (Å²) in [5.74, 6) is 2.15. The molecule has 0 N–H and O–H groups in total. The maximum Gasteiger partial charge on any atom is 0.0441 e. The maximum atomic E-state index is 2.25. The molecule has 0 fully saturated rings. The smallest absolute Gasteiger partial charge is 0.0441 e. The van der Waals surface area contributed by atoms with E-state index in [9.17, 15) is 0 Å². The average molecular weight is 149 g/mol. The number of hydrogen-bond donors (Lipinski definition) is 0. The quantitative estimate of drug-likeness (QED) is 0.510. The normalized spacial score (nSPS) is 23.0. The van der Waals surface area contributed by atoms with E-state index in [1.54, 1.807) is 0 Å². The second-order valence-corrected chi connectivity index (χ2v) is 3.57. The first-order valence-corrected chi connectivity index (χ1v) is 4.27. The van der Waals surface area contributed by atoms with E-state index in [1.807, 2.05) is 11.8 Å². The van der Waals surface area contributed by atoms with Crippen molar-refractivity contribution in [1.29, 1.82) is 0 Å². The molecule has 0 spiro atoms. The van der Waals surface area contributed by atoms with Crippen molar-refractivity contribution in [1.82, 2.24) is 0 Å². The van der Waals surface area contributed by atoms with E-state index in [-0.39, 0.29) is 0 Å². The van der Waals surface area contributed by atoms with Crippen LogP contribution >= 0.6 is 11.8 Å². The number of hydrogen-bond acceptors (Lipinski definition) is 1. The van der Waals surface area contributed by atoms with Gasteiger partial charge in [0.1, 0.15) is 0 Å². The highest BCUT2D eigenvalue weighted by molar-refractivity contribution is 8.05. The molecule has 0 atom stereocenters. The Morgan fingerprint density at radius 3 is 2.80 bits per heavy atom. The highest BCUT2D eigenvalue weighted by Gasteiger charge is 2.19. The molecule has 1 heterocycles. The first-order valence-electron chi connectivity index (χ1n) is 3.39. The van der Waals surface area contributed by atoms with Crippen molar-refractivity contribution in [3.63, 3.8) is 0 Å². The van der Waals surface area contributed by atoms with Gasteiger partial charge in [-0.15, -0.1) is 11.8 Å². The summed E-state index contributed by atoms with van der Waals surface area (Å²) in [6.07, 6.45) is 4.43. The van der Waals surface area contributed by atoms with Crippen molar-refractivity contribution in [2.45, 2.75) is 13.8 Å². The van der Waals surface area contributed by atoms with Crippen molar-refractivity contribution < 1.29 is 0 Å². The molecule has 0 nitrogen and oxygen atoms in total. The molecule has 10 heavy (non-hydrogen) atoms. The van der Waals surface area contributed by atoms with Crippen LogP contribution in [-0.4, -0.2) is 0 Å². The molecule has 51 valence electrons. The van der Waals surface area contributed by atoms with E-state index in [4.69, 9.17) is 0 Å². The number of fused-ring (bicyclic) bond motifs is 1. The SMILES string of the molecule is CC1=CC2=C[CH]SC2=C1C. The lowest BCUT2D eigenvalue weighted by Gasteiger charge is -1.96. The number of rotatable bonds is 0. The average Bonchev–Trinajstić information content (AvgIpc) is 2.41. The van der Waals surface area contributed by atoms with Crippen LogP contribution in [0.1, 0.15) is 13.8 Å². The topological polar surface area (TPSA) is 0 Å². The zero-order valence-corrected chi connectivity index (χ0v) is 6.96. The lowest BCUT2D eigenvalue weighted by molar-refractivity contribution is 1.38. The Kier molecular flexibility index (Phi) is 1.27. The minimum absolute atomic E-state index is 1.40. The van der Waals surface area contributed by atoms with Gasteiger partial charge in [0.2, 0.25) is 0 Å². The lowest BCUT2D eigenvalue weighted by atomic mass is 10.2. The fraction of sp³-hybridized carbons (Fsp3) is 0.222. The molecule has 1 aliphatic heterocycles. The highest BCUT2D eigenvalue weighted by Crippen LogP contribution is 2.43. The van der Waals surface area contributed by atoms with E-state index in [1.165, 1.54) is 21.6 Å². The zero-order chi connectivity index (χ0) is 7.14. The predicted molar refractivity (Wildman–Crippen MR) is 46.4 cm³/mol. The van der Waals surface area contributed by atoms with Crippen LogP contribution in [0.3, 0.4) is 0 Å². The van der Waals surface area contributed by atoms with Crippen LogP contribution in [0.15, 0.2) is 33.8 Å². The van der Waals surface area contributed by atoms with E-state index >= 15 is 0 Å². The van der Waals surface area contributed by atoms with Crippen LogP contribution in [0.2, 0.25) is 0 Å². The molecule has 0 saturated carbocycles. The van der Waals surface area contributed by atoms with E-state index in [0.717, 1.165) is 0 Å². The summed E-state index contributed by atoms with van der Waals surface area (Å²) >= 11 is 1.83. The third kappa shape index (κ3) is 0.702. The first-order chi connectivity index (χ1) is 4.79. The van der Waals surface area contributed by atoms with Gasteiger partial charge in [-0.25, -0.2) is 0 Å². The molecule has 1 radical (unpaired) electrons. The van der Waals surface area contributed by atoms with Gasteiger partial charge in [-0.2, -0.15) is 0 Å². The molecule has 0 saturated heterocycles. The van der Waals surface area contributed by atoms with Gasteiger partial charge in [-0.05, 0) is 30.6 Å². The van der Waals surface area contributed by atoms with E-state index < -0.39 is 0 Å². The molecule has 0 aromatic heterocycles. The summed E-state index contributed by atoms with van der Waals surface area (Å²) in [6, 6.07) is 0. The van der Waals surface area contributed by atoms with Gasteiger partial charge in [-0.1, -0.05) is 12.2 Å². The summed E-state index contributed by atoms with van der Waals surface area (Å²) in [5, 5.41) is 0. The first kappa shape index (κ1) is 6.29. The zero-order valence-electron chi connectivity index (χ0n) is 6.14. The molecule has 1 heteroatoms. The van der Waals surface area contributed by atoms with Gasteiger partial charge in [0.25, 0.3) is 0 Å². The Morgan fingerprint density at radius 1 is 1.30 bits per heavy atom. The Hall–Kier alpha value is -0.430. The Bertz CT molecular complexity index is 266. The monoisotopic (exact) mass is 149 g/mol. The fourth-order valence-corrected chi connectivity index (χ4v) is 2.21. The molecule has 0 aromatic carbocycles. The van der Waals surface area contributed by atoms with Crippen molar-refractivity contribution >= 4 is 11.8 Å². The largest absolute Gasteiger partial charge is 0.116 e. The Labute approximate surface area is 65.7 Å². The molecule has 0 amide bonds. The van der Waals surface area contributed by atoms with Gasteiger partial charge in [0, 0.05) is 10.7 Å². The van der Waals surface area contributed by atoms with Crippen LogP contribution in [0, 0.1) is 5.75 Å². The molecular weight excluding hydrogens is 140 g/mol. The second kappa shape index (κ2) is 2.03. The summed E-state index contributed by atoms with van der Waals surface area (Å²) in [5.41, 5.74) is 4.27. The van der Waals surface area contributed by atoms with Crippen LogP contribution in [-0.2, 0) is 0 Å². The molecule has 2 aliphatic rings. The fourth-order valence-electron chi connectivity index (χ4n) is 1.26. The van der Waals surface area contributed by atoms with Crippen molar-refractivity contribution in [3.05, 3.63) is 39.5 Å². The van der Waals surface area contributed by atoms with Crippen molar-refractivity contribution in [2.24, 2.45) is 0 Å². The van der Waals surface area contributed by atoms with Gasteiger partial charge in [0.05, 0.1) is 0 Å². The van der Waals surface area contributed by atoms with Gasteiger partial charge < -0.3 is 0 Å². The Balaban J connectivity index is 2.54. The van der Waals surface area contributed by atoms with Crippen LogP contribution in [0.5, 0.6) is 0 Å². The summed E-state index contributed by atoms with van der Waals surface area (Å²) in [4.78, 5) is 1.46. The number of allylic oxidation sites excluding steroid dienone is 4. The second-order valence-electron chi connectivity index (χ2n) is 2.66. The van der Waals surface area contributed by atoms with Crippen LogP contribution in [0.4, 0.5) is 0 Å². The molecule has 2 rings (SSSR count). The predicted octanol–water partition coefficient (Wildman–Crippen LogP) is 3.06. The number of thioether (sulfide) groups is 1. The molecule has 0 bridgehead atoms. The maximum absolute atomic E-state index is 2.25. The van der Waals surface area contributed by atoms with Crippen molar-refractivity contribution in [3.8, 4) is 0 Å². The van der Waals surface area contributed by atoms with E-state index in [0.29, 0.717) is 0 Å². The molecule has 1 aliphatic carbocycles. The minimum atomic E-state index is 1.40. The highest BCUT2D eigenvalue weighted by atomic mass is 32.2. The summed E-state index contributed by atoms with van der Waals surface area (Å²) in [7, 11) is 0. The molecule has 0 aromatic rings. The molecular formula is C9H9S. The lowest BCUT2D eigenvalue weighted by Crippen LogP contribution is -1.73. The van der Waals surface area contributed by atoms with Gasteiger partial charge in [0.15, 0.2) is 0 Å².